The average molecular weight is 385 g/mol. The maximum atomic E-state index is 12.6. The first-order chi connectivity index (χ1) is 8.75. The molecule has 0 aliphatic heterocycles. The first-order valence-electron chi connectivity index (χ1n) is 5.79. The van der Waals surface area contributed by atoms with Gasteiger partial charge in [-0.1, -0.05) is 42.5 Å². The number of halogens is 4. The van der Waals surface area contributed by atoms with Crippen LogP contribution in [0.4, 0.5) is 13.2 Å². The maximum Gasteiger partial charge on any atom is 0.416 e. The lowest BCUT2D eigenvalue weighted by Gasteiger charge is -2.20. The number of nitrogens with one attached hydrogen (secondary N) is 1. The van der Waals surface area contributed by atoms with Crippen LogP contribution in [0.1, 0.15) is 29.8 Å². The predicted molar refractivity (Wildman–Crippen MR) is 76.4 cm³/mol. The number of hydrogen-bond acceptors (Lipinski definition) is 1. The lowest BCUT2D eigenvalue weighted by Crippen LogP contribution is -2.39. The van der Waals surface area contributed by atoms with Gasteiger partial charge in [0.1, 0.15) is 0 Å². The second-order valence-electron chi connectivity index (χ2n) is 4.56. The first kappa shape index (κ1) is 16.3. The Hall–Kier alpha value is -0.790. The van der Waals surface area contributed by atoms with Crippen molar-refractivity contribution in [3.8, 4) is 0 Å². The molecule has 1 aromatic carbocycles. The number of carbonyl (C=O) groups excluding carboxylic acids is 1. The molecule has 1 rings (SSSR count). The van der Waals surface area contributed by atoms with Crippen LogP contribution >= 0.6 is 22.6 Å². The molecule has 1 unspecified atom stereocenters. The summed E-state index contributed by atoms with van der Waals surface area (Å²) in [5, 5.41) is 2.75. The van der Waals surface area contributed by atoms with Crippen molar-refractivity contribution in [2.75, 3.05) is 4.43 Å². The Kier molecular flexibility index (Phi) is 5.64. The molecule has 6 heteroatoms. The molecule has 0 heterocycles. The summed E-state index contributed by atoms with van der Waals surface area (Å²) in [7, 11) is 0. The molecular formula is C13H15F3INO. The standard InChI is InChI=1S/C13H15F3INO/c1-8(2)11(7-17)18-12(19)9-4-3-5-10(6-9)13(14,15)16/h3-6,8,11H,7H2,1-2H3,(H,18,19). The Morgan fingerprint density at radius 3 is 2.47 bits per heavy atom. The minimum atomic E-state index is -4.43. The fourth-order valence-electron chi connectivity index (χ4n) is 1.47. The quantitative estimate of drug-likeness (QED) is 0.619. The zero-order valence-corrected chi connectivity index (χ0v) is 12.7. The molecule has 106 valence electrons. The highest BCUT2D eigenvalue weighted by atomic mass is 127. The highest BCUT2D eigenvalue weighted by Crippen LogP contribution is 2.29. The van der Waals surface area contributed by atoms with E-state index in [9.17, 15) is 18.0 Å². The largest absolute Gasteiger partial charge is 0.416 e. The van der Waals surface area contributed by atoms with Crippen LogP contribution in [-0.4, -0.2) is 16.4 Å². The second-order valence-corrected chi connectivity index (χ2v) is 5.44. The van der Waals surface area contributed by atoms with Crippen molar-refractivity contribution in [3.05, 3.63) is 35.4 Å². The molecule has 1 atom stereocenters. The molecule has 0 spiro atoms. The molecule has 1 N–H and O–H groups in total. The number of rotatable bonds is 4. The van der Waals surface area contributed by atoms with Gasteiger partial charge < -0.3 is 5.32 Å². The number of hydrogen-bond donors (Lipinski definition) is 1. The van der Waals surface area contributed by atoms with E-state index in [-0.39, 0.29) is 17.5 Å². The summed E-state index contributed by atoms with van der Waals surface area (Å²) in [6, 6.07) is 4.40. The van der Waals surface area contributed by atoms with Crippen molar-refractivity contribution in [3.63, 3.8) is 0 Å². The van der Waals surface area contributed by atoms with Crippen LogP contribution in [0.3, 0.4) is 0 Å². The summed E-state index contributed by atoms with van der Waals surface area (Å²) in [6.45, 7) is 3.91. The molecule has 0 aromatic heterocycles. The van der Waals surface area contributed by atoms with Gasteiger partial charge in [-0.3, -0.25) is 4.79 Å². The normalized spacial score (nSPS) is 13.4. The molecule has 19 heavy (non-hydrogen) atoms. The summed E-state index contributed by atoms with van der Waals surface area (Å²) in [5.74, 6) is -0.242. The third-order valence-electron chi connectivity index (χ3n) is 2.74. The molecule has 0 fully saturated rings. The van der Waals surface area contributed by atoms with Gasteiger partial charge in [-0.15, -0.1) is 0 Å². The van der Waals surface area contributed by atoms with E-state index >= 15 is 0 Å². The van der Waals surface area contributed by atoms with Crippen molar-refractivity contribution in [2.45, 2.75) is 26.1 Å². The molecule has 0 aliphatic carbocycles. The number of amides is 1. The Morgan fingerprint density at radius 1 is 1.37 bits per heavy atom. The Morgan fingerprint density at radius 2 is 2.00 bits per heavy atom. The van der Waals surface area contributed by atoms with E-state index in [0.717, 1.165) is 12.1 Å². The summed E-state index contributed by atoms with van der Waals surface area (Å²) in [5.41, 5.74) is -0.777. The van der Waals surface area contributed by atoms with Gasteiger partial charge in [-0.05, 0) is 24.1 Å². The van der Waals surface area contributed by atoms with E-state index in [2.05, 4.69) is 27.9 Å². The van der Waals surface area contributed by atoms with Gasteiger partial charge in [0.2, 0.25) is 0 Å². The van der Waals surface area contributed by atoms with E-state index in [0.29, 0.717) is 4.43 Å². The van der Waals surface area contributed by atoms with E-state index < -0.39 is 17.6 Å². The van der Waals surface area contributed by atoms with Crippen LogP contribution in [-0.2, 0) is 6.18 Å². The summed E-state index contributed by atoms with van der Waals surface area (Å²) in [6.07, 6.45) is -4.43. The van der Waals surface area contributed by atoms with Gasteiger partial charge in [-0.25, -0.2) is 0 Å². The van der Waals surface area contributed by atoms with Crippen LogP contribution in [0.25, 0.3) is 0 Å². The van der Waals surface area contributed by atoms with Gasteiger partial charge >= 0.3 is 6.18 Å². The zero-order valence-electron chi connectivity index (χ0n) is 10.6. The first-order valence-corrected chi connectivity index (χ1v) is 7.32. The number of carbonyl (C=O) groups is 1. The van der Waals surface area contributed by atoms with Gasteiger partial charge in [0.15, 0.2) is 0 Å². The van der Waals surface area contributed by atoms with Gasteiger partial charge in [0, 0.05) is 16.0 Å². The van der Waals surface area contributed by atoms with E-state index in [1.807, 2.05) is 13.8 Å². The van der Waals surface area contributed by atoms with Crippen molar-refractivity contribution < 1.29 is 18.0 Å². The lowest BCUT2D eigenvalue weighted by molar-refractivity contribution is -0.137. The average Bonchev–Trinajstić information content (AvgIpc) is 2.34. The molecule has 0 aliphatic rings. The second kappa shape index (κ2) is 6.58. The van der Waals surface area contributed by atoms with Crippen LogP contribution in [0, 0.1) is 5.92 Å². The fourth-order valence-corrected chi connectivity index (χ4v) is 2.71. The van der Waals surface area contributed by atoms with Crippen molar-refractivity contribution in [1.82, 2.24) is 5.32 Å². The molecule has 0 saturated heterocycles. The summed E-state index contributed by atoms with van der Waals surface area (Å²) >= 11 is 2.14. The fraction of sp³-hybridized carbons (Fsp3) is 0.462. The third-order valence-corrected chi connectivity index (χ3v) is 3.69. The minimum absolute atomic E-state index is 0.0327. The molecule has 2 nitrogen and oxygen atoms in total. The topological polar surface area (TPSA) is 29.1 Å². The molecule has 0 saturated carbocycles. The Bertz CT molecular complexity index is 446. The van der Waals surface area contributed by atoms with Crippen LogP contribution in [0.5, 0.6) is 0 Å². The van der Waals surface area contributed by atoms with Crippen molar-refractivity contribution in [1.29, 1.82) is 0 Å². The lowest BCUT2D eigenvalue weighted by atomic mass is 10.1. The minimum Gasteiger partial charge on any atom is -0.348 e. The van der Waals surface area contributed by atoms with Crippen molar-refractivity contribution in [2.24, 2.45) is 5.92 Å². The van der Waals surface area contributed by atoms with E-state index in [1.165, 1.54) is 12.1 Å². The van der Waals surface area contributed by atoms with Crippen molar-refractivity contribution >= 4 is 28.5 Å². The summed E-state index contributed by atoms with van der Waals surface area (Å²) < 4.78 is 38.4. The predicted octanol–water partition coefficient (Wildman–Crippen LogP) is 3.89. The monoisotopic (exact) mass is 385 g/mol. The van der Waals surface area contributed by atoms with E-state index in [4.69, 9.17) is 0 Å². The van der Waals surface area contributed by atoms with Crippen LogP contribution in [0.15, 0.2) is 24.3 Å². The van der Waals surface area contributed by atoms with Gasteiger partial charge in [-0.2, -0.15) is 13.2 Å². The van der Waals surface area contributed by atoms with Gasteiger partial charge in [0.05, 0.1) is 5.56 Å². The van der Waals surface area contributed by atoms with Crippen LogP contribution < -0.4 is 5.32 Å². The Balaban J connectivity index is 2.89. The smallest absolute Gasteiger partial charge is 0.348 e. The molecule has 1 amide bonds. The molecule has 0 radical (unpaired) electrons. The third kappa shape index (κ3) is 4.67. The summed E-state index contributed by atoms with van der Waals surface area (Å²) in [4.78, 5) is 11.9. The number of alkyl halides is 4. The highest BCUT2D eigenvalue weighted by molar-refractivity contribution is 14.1. The molecule has 1 aromatic rings. The molecular weight excluding hydrogens is 370 g/mol. The van der Waals surface area contributed by atoms with Crippen LogP contribution in [0.2, 0.25) is 0 Å². The SMILES string of the molecule is CC(C)C(CI)NC(=O)c1cccc(C(F)(F)F)c1. The highest BCUT2D eigenvalue weighted by Gasteiger charge is 2.31. The Labute approximate surface area is 123 Å². The zero-order chi connectivity index (χ0) is 14.6. The maximum absolute atomic E-state index is 12.6. The van der Waals surface area contributed by atoms with E-state index in [1.54, 1.807) is 0 Å². The van der Waals surface area contributed by atoms with Gasteiger partial charge in [0.25, 0.3) is 5.91 Å². The molecule has 0 bridgehead atoms. The number of benzene rings is 1.